The number of aromatic nitrogens is 2. The predicted molar refractivity (Wildman–Crippen MR) is 113 cm³/mol. The van der Waals surface area contributed by atoms with Gasteiger partial charge >= 0.3 is 0 Å². The summed E-state index contributed by atoms with van der Waals surface area (Å²) in [5.74, 6) is -0.727. The number of amides is 2. The van der Waals surface area contributed by atoms with Crippen LogP contribution in [-0.2, 0) is 6.42 Å². The van der Waals surface area contributed by atoms with E-state index in [1.807, 2.05) is 0 Å². The smallest absolute Gasteiger partial charge is 0.272 e. The van der Waals surface area contributed by atoms with Crippen LogP contribution < -0.4 is 10.6 Å². The van der Waals surface area contributed by atoms with Crippen LogP contribution in [-0.4, -0.2) is 33.5 Å². The number of halogens is 1. The number of carbonyl (C=O) groups excluding carboxylic acids is 2. The highest BCUT2D eigenvalue weighted by atomic mass is 35.5. The van der Waals surface area contributed by atoms with E-state index in [-0.39, 0.29) is 17.2 Å². The van der Waals surface area contributed by atoms with Gasteiger partial charge in [-0.2, -0.15) is 0 Å². The minimum atomic E-state index is -0.501. The average Bonchev–Trinajstić information content (AvgIpc) is 3.15. The summed E-state index contributed by atoms with van der Waals surface area (Å²) < 4.78 is 0. The Bertz CT molecular complexity index is 1120. The number of nitro groups is 1. The maximum absolute atomic E-state index is 12.3. The van der Waals surface area contributed by atoms with Gasteiger partial charge in [-0.15, -0.1) is 10.2 Å². The molecular weight excluding hydrogens is 430 g/mol. The van der Waals surface area contributed by atoms with Crippen molar-refractivity contribution in [3.05, 3.63) is 79.3 Å². The number of carbonyl (C=O) groups is 2. The zero-order chi connectivity index (χ0) is 21.7. The summed E-state index contributed by atoms with van der Waals surface area (Å²) >= 11 is 7.18. The zero-order valence-corrected chi connectivity index (χ0v) is 17.3. The van der Waals surface area contributed by atoms with Crippen molar-refractivity contribution in [3.63, 3.8) is 0 Å². The van der Waals surface area contributed by atoms with Gasteiger partial charge in [-0.3, -0.25) is 25.0 Å². The summed E-state index contributed by atoms with van der Waals surface area (Å²) in [6.07, 6.45) is 0.431. The largest absolute Gasteiger partial charge is 0.352 e. The number of hydrogen-bond donors (Lipinski definition) is 2. The number of nitrogens with zero attached hydrogens (tertiary/aromatic N) is 3. The van der Waals surface area contributed by atoms with Crippen LogP contribution in [0.3, 0.4) is 0 Å². The Hall–Kier alpha value is -3.37. The second-order valence-electron chi connectivity index (χ2n) is 6.20. The maximum atomic E-state index is 12.3. The van der Waals surface area contributed by atoms with Gasteiger partial charge in [-0.05, 0) is 31.2 Å². The van der Waals surface area contributed by atoms with E-state index in [9.17, 15) is 19.7 Å². The molecule has 0 bridgehead atoms. The van der Waals surface area contributed by atoms with Gasteiger partial charge in [0.25, 0.3) is 17.5 Å². The second-order valence-corrected chi connectivity index (χ2v) is 7.67. The normalized spacial score (nSPS) is 10.5. The first-order valence-corrected chi connectivity index (χ1v) is 9.96. The number of hydrogen-bond acceptors (Lipinski definition) is 7. The molecule has 9 nitrogen and oxygen atoms in total. The molecule has 2 N–H and O–H groups in total. The average molecular weight is 446 g/mol. The third-order valence-corrected chi connectivity index (χ3v) is 5.31. The Kier molecular flexibility index (Phi) is 6.70. The molecule has 0 fully saturated rings. The molecule has 0 radical (unpaired) electrons. The lowest BCUT2D eigenvalue weighted by atomic mass is 10.1. The van der Waals surface area contributed by atoms with Crippen molar-refractivity contribution in [2.24, 2.45) is 0 Å². The molecule has 3 rings (SSSR count). The Morgan fingerprint density at radius 3 is 2.63 bits per heavy atom. The number of nitrogens with one attached hydrogen (secondary N) is 2. The number of benzene rings is 2. The highest BCUT2D eigenvalue weighted by Gasteiger charge is 2.15. The van der Waals surface area contributed by atoms with Crippen LogP contribution in [0.15, 0.2) is 42.5 Å². The van der Waals surface area contributed by atoms with Gasteiger partial charge in [0, 0.05) is 30.2 Å². The van der Waals surface area contributed by atoms with Gasteiger partial charge in [0.15, 0.2) is 0 Å². The Morgan fingerprint density at radius 1 is 1.17 bits per heavy atom. The van der Waals surface area contributed by atoms with Crippen LogP contribution in [0, 0.1) is 17.0 Å². The van der Waals surface area contributed by atoms with Crippen LogP contribution in [0.4, 0.5) is 10.8 Å². The van der Waals surface area contributed by atoms with Gasteiger partial charge in [0.05, 0.1) is 15.5 Å². The molecule has 154 valence electrons. The van der Waals surface area contributed by atoms with Crippen molar-refractivity contribution in [1.29, 1.82) is 0 Å². The fraction of sp³-hybridized carbons (Fsp3) is 0.158. The molecule has 0 aliphatic carbocycles. The van der Waals surface area contributed by atoms with Crippen molar-refractivity contribution >= 4 is 45.6 Å². The summed E-state index contributed by atoms with van der Waals surface area (Å²) in [5, 5.41) is 25.5. The molecule has 1 heterocycles. The summed E-state index contributed by atoms with van der Waals surface area (Å²) in [7, 11) is 0. The fourth-order valence-electron chi connectivity index (χ4n) is 2.60. The van der Waals surface area contributed by atoms with Crippen LogP contribution in [0.25, 0.3) is 0 Å². The van der Waals surface area contributed by atoms with E-state index in [0.29, 0.717) is 39.3 Å². The summed E-state index contributed by atoms with van der Waals surface area (Å²) in [6.45, 7) is 1.89. The van der Waals surface area contributed by atoms with Crippen molar-refractivity contribution in [1.82, 2.24) is 15.5 Å². The summed E-state index contributed by atoms with van der Waals surface area (Å²) in [6, 6.07) is 10.9. The number of rotatable bonds is 7. The lowest BCUT2D eigenvalue weighted by Gasteiger charge is -2.05. The van der Waals surface area contributed by atoms with Crippen molar-refractivity contribution < 1.29 is 14.5 Å². The van der Waals surface area contributed by atoms with Gasteiger partial charge in [-0.25, -0.2) is 0 Å². The molecule has 1 aromatic heterocycles. The minimum absolute atomic E-state index is 0.0522. The minimum Gasteiger partial charge on any atom is -0.352 e. The van der Waals surface area contributed by atoms with E-state index in [1.54, 1.807) is 31.2 Å². The second kappa shape index (κ2) is 9.42. The highest BCUT2D eigenvalue weighted by molar-refractivity contribution is 7.15. The molecule has 0 unspecified atom stereocenters. The molecule has 0 spiro atoms. The molecule has 3 aromatic rings. The van der Waals surface area contributed by atoms with Gasteiger partial charge in [0.1, 0.15) is 5.01 Å². The van der Waals surface area contributed by atoms with Gasteiger partial charge in [0.2, 0.25) is 5.13 Å². The molecule has 30 heavy (non-hydrogen) atoms. The van der Waals surface area contributed by atoms with Crippen LogP contribution in [0.2, 0.25) is 5.02 Å². The van der Waals surface area contributed by atoms with Crippen molar-refractivity contribution in [2.75, 3.05) is 11.9 Å². The lowest BCUT2D eigenvalue weighted by Crippen LogP contribution is -2.25. The van der Waals surface area contributed by atoms with Crippen molar-refractivity contribution in [3.8, 4) is 0 Å². The molecule has 0 aliphatic rings. The van der Waals surface area contributed by atoms with Crippen LogP contribution in [0.1, 0.15) is 31.3 Å². The first kappa shape index (κ1) is 21.3. The topological polar surface area (TPSA) is 127 Å². The fourth-order valence-corrected chi connectivity index (χ4v) is 3.56. The molecule has 11 heteroatoms. The number of anilines is 1. The molecule has 2 amide bonds. The number of aryl methyl sites for hydroxylation is 1. The van der Waals surface area contributed by atoms with Crippen molar-refractivity contribution in [2.45, 2.75) is 13.3 Å². The highest BCUT2D eigenvalue weighted by Crippen LogP contribution is 2.21. The van der Waals surface area contributed by atoms with E-state index in [1.165, 1.54) is 29.5 Å². The Morgan fingerprint density at radius 2 is 1.93 bits per heavy atom. The van der Waals surface area contributed by atoms with E-state index in [4.69, 9.17) is 11.6 Å². The standard InChI is InChI=1S/C19H16ClN5O4S/c1-11-10-12(6-7-15(11)25(28)29)17(26)22-19-24-23-16(30-19)8-9-21-18(27)13-4-2-3-5-14(13)20/h2-7,10H,8-9H2,1H3,(H,21,27)(H,22,24,26). The monoisotopic (exact) mass is 445 g/mol. The SMILES string of the molecule is Cc1cc(C(=O)Nc2nnc(CCNC(=O)c3ccccc3Cl)s2)ccc1[N+](=O)[O-]. The lowest BCUT2D eigenvalue weighted by molar-refractivity contribution is -0.385. The molecule has 0 saturated heterocycles. The maximum Gasteiger partial charge on any atom is 0.272 e. The number of nitro benzene ring substituents is 1. The quantitative estimate of drug-likeness (QED) is 0.422. The predicted octanol–water partition coefficient (Wildman–Crippen LogP) is 3.63. The van der Waals surface area contributed by atoms with E-state index in [0.717, 1.165) is 0 Å². The Balaban J connectivity index is 1.54. The van der Waals surface area contributed by atoms with Crippen LogP contribution in [0.5, 0.6) is 0 Å². The zero-order valence-electron chi connectivity index (χ0n) is 15.7. The third kappa shape index (κ3) is 5.16. The van der Waals surface area contributed by atoms with E-state index < -0.39 is 10.8 Å². The first-order valence-electron chi connectivity index (χ1n) is 8.76. The first-order chi connectivity index (χ1) is 14.3. The third-order valence-electron chi connectivity index (χ3n) is 4.09. The Labute approximate surface area is 180 Å². The summed E-state index contributed by atoms with van der Waals surface area (Å²) in [4.78, 5) is 34.8. The van der Waals surface area contributed by atoms with E-state index >= 15 is 0 Å². The molecule has 0 saturated carbocycles. The molecule has 0 aliphatic heterocycles. The van der Waals surface area contributed by atoms with Crippen LogP contribution >= 0.6 is 22.9 Å². The van der Waals surface area contributed by atoms with E-state index in [2.05, 4.69) is 20.8 Å². The molecule has 0 atom stereocenters. The summed E-state index contributed by atoms with van der Waals surface area (Å²) in [5.41, 5.74) is 1.01. The molecule has 2 aromatic carbocycles. The van der Waals surface area contributed by atoms with Gasteiger partial charge < -0.3 is 5.32 Å². The van der Waals surface area contributed by atoms with Gasteiger partial charge in [-0.1, -0.05) is 35.1 Å². The molecular formula is C19H16ClN5O4S.